The van der Waals surface area contributed by atoms with E-state index in [2.05, 4.69) is 10.6 Å². The number of urea groups is 1. The lowest BCUT2D eigenvalue weighted by molar-refractivity contribution is 0.0940. The minimum Gasteiger partial charge on any atom is -0.345 e. The maximum Gasteiger partial charge on any atom is 0.321 e. The van der Waals surface area contributed by atoms with Gasteiger partial charge in [0, 0.05) is 19.7 Å². The van der Waals surface area contributed by atoms with E-state index in [9.17, 15) is 14.0 Å². The highest BCUT2D eigenvalue weighted by molar-refractivity contribution is 6.30. The molecule has 0 aliphatic heterocycles. The number of aryl methyl sites for hydroxylation is 1. The predicted octanol–water partition coefficient (Wildman–Crippen LogP) is 4.37. The summed E-state index contributed by atoms with van der Waals surface area (Å²) in [4.78, 5) is 26.0. The van der Waals surface area contributed by atoms with Gasteiger partial charge in [0.2, 0.25) is 0 Å². The number of anilines is 1. The molecule has 3 amide bonds. The maximum absolute atomic E-state index is 14.2. The second-order valence-corrected chi connectivity index (χ2v) is 6.62. The lowest BCUT2D eigenvalue weighted by Gasteiger charge is -2.19. The van der Waals surface area contributed by atoms with Crippen molar-refractivity contribution >= 4 is 29.2 Å². The van der Waals surface area contributed by atoms with Crippen molar-refractivity contribution in [3.8, 4) is 0 Å². The minimum absolute atomic E-state index is 0.00177. The highest BCUT2D eigenvalue weighted by atomic mass is 35.5. The highest BCUT2D eigenvalue weighted by Gasteiger charge is 2.19. The third-order valence-corrected chi connectivity index (χ3v) is 4.15. The Labute approximate surface area is 157 Å². The molecule has 0 radical (unpaired) electrons. The number of amides is 3. The molecule has 0 fully saturated rings. The molecule has 0 bridgehead atoms. The largest absolute Gasteiger partial charge is 0.345 e. The van der Waals surface area contributed by atoms with Crippen molar-refractivity contribution in [3.05, 3.63) is 63.9 Å². The molecule has 0 heterocycles. The topological polar surface area (TPSA) is 61.4 Å². The standard InChI is InChI=1S/C19H21ClFN3O2/c1-11-8-9-16(23-19(26)24(3)4)14(10-11)18(25)22-12(2)13-6-5-7-15(20)17(13)21/h5-10,12H,1-4H3,(H,22,25)(H,23,26)/t12-/m1/s1. The molecular formula is C19H21ClFN3O2. The van der Waals surface area contributed by atoms with Gasteiger partial charge in [-0.1, -0.05) is 35.4 Å². The van der Waals surface area contributed by atoms with E-state index in [0.717, 1.165) is 5.56 Å². The number of hydrogen-bond donors (Lipinski definition) is 2. The van der Waals surface area contributed by atoms with Gasteiger partial charge in [0.15, 0.2) is 0 Å². The SMILES string of the molecule is Cc1ccc(NC(=O)N(C)C)c(C(=O)N[C@H](C)c2cccc(Cl)c2F)c1. The summed E-state index contributed by atoms with van der Waals surface area (Å²) in [6.07, 6.45) is 0. The van der Waals surface area contributed by atoms with Crippen molar-refractivity contribution in [1.82, 2.24) is 10.2 Å². The van der Waals surface area contributed by atoms with E-state index in [1.807, 2.05) is 6.92 Å². The molecule has 0 saturated heterocycles. The zero-order chi connectivity index (χ0) is 19.4. The monoisotopic (exact) mass is 377 g/mol. The van der Waals surface area contributed by atoms with Gasteiger partial charge in [-0.25, -0.2) is 9.18 Å². The Morgan fingerprint density at radius 1 is 1.19 bits per heavy atom. The van der Waals surface area contributed by atoms with Gasteiger partial charge in [-0.3, -0.25) is 4.79 Å². The van der Waals surface area contributed by atoms with Crippen LogP contribution in [0.25, 0.3) is 0 Å². The second kappa shape index (κ2) is 8.19. The maximum atomic E-state index is 14.2. The summed E-state index contributed by atoms with van der Waals surface area (Å²) in [5, 5.41) is 5.43. The smallest absolute Gasteiger partial charge is 0.321 e. The Balaban J connectivity index is 2.27. The molecule has 138 valence electrons. The summed E-state index contributed by atoms with van der Waals surface area (Å²) in [6.45, 7) is 3.51. The molecule has 5 nitrogen and oxygen atoms in total. The van der Waals surface area contributed by atoms with Crippen molar-refractivity contribution in [2.24, 2.45) is 0 Å². The second-order valence-electron chi connectivity index (χ2n) is 6.21. The van der Waals surface area contributed by atoms with Crippen LogP contribution in [0.15, 0.2) is 36.4 Å². The lowest BCUT2D eigenvalue weighted by atomic mass is 10.1. The normalized spacial score (nSPS) is 11.6. The molecule has 0 spiro atoms. The first kappa shape index (κ1) is 19.7. The molecule has 0 saturated carbocycles. The Bertz CT molecular complexity index is 840. The van der Waals surface area contributed by atoms with Gasteiger partial charge in [-0.15, -0.1) is 0 Å². The molecule has 0 aliphatic rings. The first-order chi connectivity index (χ1) is 12.2. The Hall–Kier alpha value is -2.60. The zero-order valence-electron chi connectivity index (χ0n) is 15.1. The molecule has 2 N–H and O–H groups in total. The van der Waals surface area contributed by atoms with E-state index in [1.54, 1.807) is 51.4 Å². The number of carbonyl (C=O) groups is 2. The van der Waals surface area contributed by atoms with Gasteiger partial charge in [0.05, 0.1) is 22.3 Å². The van der Waals surface area contributed by atoms with Crippen LogP contribution < -0.4 is 10.6 Å². The van der Waals surface area contributed by atoms with Crippen molar-refractivity contribution in [3.63, 3.8) is 0 Å². The molecule has 0 aliphatic carbocycles. The van der Waals surface area contributed by atoms with Gasteiger partial charge >= 0.3 is 6.03 Å². The molecule has 0 aromatic heterocycles. The average Bonchev–Trinajstić information content (AvgIpc) is 2.58. The fourth-order valence-electron chi connectivity index (χ4n) is 2.39. The number of benzene rings is 2. The minimum atomic E-state index is -0.598. The molecule has 0 unspecified atom stereocenters. The fraction of sp³-hybridized carbons (Fsp3) is 0.263. The summed E-state index contributed by atoms with van der Waals surface area (Å²) in [6, 6.07) is 8.82. The number of carbonyl (C=O) groups excluding carboxylic acids is 2. The van der Waals surface area contributed by atoms with E-state index in [1.165, 1.54) is 11.0 Å². The zero-order valence-corrected chi connectivity index (χ0v) is 15.8. The van der Waals surface area contributed by atoms with Gasteiger partial charge in [0.25, 0.3) is 5.91 Å². The van der Waals surface area contributed by atoms with E-state index < -0.39 is 17.8 Å². The van der Waals surface area contributed by atoms with Crippen LogP contribution in [-0.2, 0) is 0 Å². The number of hydrogen-bond acceptors (Lipinski definition) is 2. The van der Waals surface area contributed by atoms with Crippen LogP contribution in [0.4, 0.5) is 14.9 Å². The van der Waals surface area contributed by atoms with Crippen molar-refractivity contribution in [2.45, 2.75) is 19.9 Å². The third kappa shape index (κ3) is 4.52. The van der Waals surface area contributed by atoms with Crippen LogP contribution in [0.1, 0.15) is 34.5 Å². The van der Waals surface area contributed by atoms with Gasteiger partial charge in [0.1, 0.15) is 5.82 Å². The predicted molar refractivity (Wildman–Crippen MR) is 101 cm³/mol. The Kier molecular flexibility index (Phi) is 6.21. The van der Waals surface area contributed by atoms with Crippen LogP contribution in [0, 0.1) is 12.7 Å². The van der Waals surface area contributed by atoms with Crippen LogP contribution in [0.3, 0.4) is 0 Å². The number of rotatable bonds is 4. The summed E-state index contributed by atoms with van der Waals surface area (Å²) in [5.74, 6) is -0.984. The van der Waals surface area contributed by atoms with E-state index in [4.69, 9.17) is 11.6 Å². The Morgan fingerprint density at radius 3 is 2.54 bits per heavy atom. The van der Waals surface area contributed by atoms with Crippen molar-refractivity contribution in [2.75, 3.05) is 19.4 Å². The molecule has 2 aromatic rings. The third-order valence-electron chi connectivity index (χ3n) is 3.86. The number of nitrogens with one attached hydrogen (secondary N) is 2. The summed E-state index contributed by atoms with van der Waals surface area (Å²) < 4.78 is 14.2. The summed E-state index contributed by atoms with van der Waals surface area (Å²) in [5.41, 5.74) is 1.83. The van der Waals surface area contributed by atoms with Crippen molar-refractivity contribution in [1.29, 1.82) is 0 Å². The summed E-state index contributed by atoms with van der Waals surface area (Å²) >= 11 is 5.80. The molecular weight excluding hydrogens is 357 g/mol. The molecule has 2 rings (SSSR count). The molecule has 26 heavy (non-hydrogen) atoms. The van der Waals surface area contributed by atoms with Gasteiger partial charge in [-0.05, 0) is 32.0 Å². The van der Waals surface area contributed by atoms with E-state index in [0.29, 0.717) is 11.3 Å². The summed E-state index contributed by atoms with van der Waals surface area (Å²) in [7, 11) is 3.21. The fourth-order valence-corrected chi connectivity index (χ4v) is 2.57. The van der Waals surface area contributed by atoms with Crippen LogP contribution in [0.2, 0.25) is 5.02 Å². The van der Waals surface area contributed by atoms with Crippen LogP contribution in [0.5, 0.6) is 0 Å². The average molecular weight is 378 g/mol. The lowest BCUT2D eigenvalue weighted by Crippen LogP contribution is -2.31. The first-order valence-electron chi connectivity index (χ1n) is 8.04. The molecule has 2 aromatic carbocycles. The highest BCUT2D eigenvalue weighted by Crippen LogP contribution is 2.24. The number of nitrogens with zero attached hydrogens (tertiary/aromatic N) is 1. The van der Waals surface area contributed by atoms with Gasteiger partial charge < -0.3 is 15.5 Å². The van der Waals surface area contributed by atoms with Crippen molar-refractivity contribution < 1.29 is 14.0 Å². The quantitative estimate of drug-likeness (QED) is 0.831. The first-order valence-corrected chi connectivity index (χ1v) is 8.42. The molecule has 1 atom stereocenters. The van der Waals surface area contributed by atoms with Crippen LogP contribution >= 0.6 is 11.6 Å². The number of halogens is 2. The molecule has 7 heteroatoms. The van der Waals surface area contributed by atoms with E-state index in [-0.39, 0.29) is 16.6 Å². The van der Waals surface area contributed by atoms with E-state index >= 15 is 0 Å². The Morgan fingerprint density at radius 2 is 1.88 bits per heavy atom. The van der Waals surface area contributed by atoms with Crippen LogP contribution in [-0.4, -0.2) is 30.9 Å². The van der Waals surface area contributed by atoms with Gasteiger partial charge in [-0.2, -0.15) is 0 Å².